The number of nitro groups is 1. The van der Waals surface area contributed by atoms with E-state index in [-0.39, 0.29) is 18.0 Å². The summed E-state index contributed by atoms with van der Waals surface area (Å²) in [4.78, 5) is 27.3. The fourth-order valence-electron chi connectivity index (χ4n) is 3.30. The van der Waals surface area contributed by atoms with Gasteiger partial charge in [0.25, 0.3) is 5.91 Å². The summed E-state index contributed by atoms with van der Waals surface area (Å²) in [6, 6.07) is 17.1. The molecular formula is C23H19N3O5. The molecule has 0 radical (unpaired) electrons. The molecular weight excluding hydrogens is 398 g/mol. The third-order valence-corrected chi connectivity index (χ3v) is 4.56. The van der Waals surface area contributed by atoms with Gasteiger partial charge in [-0.15, -0.1) is 0 Å². The van der Waals surface area contributed by atoms with E-state index in [4.69, 9.17) is 9.15 Å². The number of nitrogens with one attached hydrogen (secondary N) is 1. The molecule has 0 aliphatic rings. The molecule has 0 saturated carbocycles. The molecule has 1 amide bonds. The van der Waals surface area contributed by atoms with Crippen LogP contribution in [0.15, 0.2) is 65.1 Å². The Labute approximate surface area is 177 Å². The average Bonchev–Trinajstić information content (AvgIpc) is 3.15. The summed E-state index contributed by atoms with van der Waals surface area (Å²) in [7, 11) is 0. The Bertz CT molecular complexity index is 1280. The van der Waals surface area contributed by atoms with Gasteiger partial charge in [-0.2, -0.15) is 0 Å². The molecule has 4 rings (SSSR count). The molecule has 8 heteroatoms. The highest BCUT2D eigenvalue weighted by atomic mass is 16.6. The predicted octanol–water partition coefficient (Wildman–Crippen LogP) is 5.04. The van der Waals surface area contributed by atoms with Crippen molar-refractivity contribution in [2.24, 2.45) is 0 Å². The smallest absolute Gasteiger partial charge is 0.310 e. The highest BCUT2D eigenvalue weighted by Gasteiger charge is 2.15. The maximum Gasteiger partial charge on any atom is 0.310 e. The van der Waals surface area contributed by atoms with Crippen molar-refractivity contribution in [3.8, 4) is 17.2 Å². The van der Waals surface area contributed by atoms with E-state index in [0.717, 1.165) is 16.7 Å². The van der Waals surface area contributed by atoms with Crippen molar-refractivity contribution in [1.29, 1.82) is 0 Å². The van der Waals surface area contributed by atoms with Gasteiger partial charge in [-0.25, -0.2) is 4.98 Å². The highest BCUT2D eigenvalue weighted by molar-refractivity contribution is 5.94. The van der Waals surface area contributed by atoms with Crippen LogP contribution in [0, 0.1) is 24.0 Å². The Kier molecular flexibility index (Phi) is 5.36. The molecule has 0 fully saturated rings. The lowest BCUT2D eigenvalue weighted by Gasteiger charge is -2.07. The first-order valence-corrected chi connectivity index (χ1v) is 9.54. The summed E-state index contributed by atoms with van der Waals surface area (Å²) in [6.07, 6.45) is 0. The number of benzene rings is 3. The number of carbonyl (C=O) groups excluding carboxylic acids is 1. The summed E-state index contributed by atoms with van der Waals surface area (Å²) in [5.74, 6) is 0.0909. The lowest BCUT2D eigenvalue weighted by atomic mass is 10.1. The van der Waals surface area contributed by atoms with Gasteiger partial charge in [-0.3, -0.25) is 14.9 Å². The van der Waals surface area contributed by atoms with E-state index >= 15 is 0 Å². The molecule has 0 atom stereocenters. The van der Waals surface area contributed by atoms with Crippen molar-refractivity contribution in [3.05, 3.63) is 81.9 Å². The van der Waals surface area contributed by atoms with Gasteiger partial charge in [0.1, 0.15) is 5.52 Å². The molecule has 8 nitrogen and oxygen atoms in total. The minimum Gasteiger partial charge on any atom is -0.477 e. The van der Waals surface area contributed by atoms with Gasteiger partial charge in [0.05, 0.1) is 4.92 Å². The quantitative estimate of drug-likeness (QED) is 0.348. The minimum atomic E-state index is -0.556. The molecule has 156 valence electrons. The van der Waals surface area contributed by atoms with Crippen molar-refractivity contribution < 1.29 is 18.9 Å². The van der Waals surface area contributed by atoms with Crippen LogP contribution in [0.2, 0.25) is 0 Å². The van der Waals surface area contributed by atoms with Gasteiger partial charge in [-0.05, 0) is 50.2 Å². The molecule has 0 saturated heterocycles. The number of rotatable bonds is 6. The summed E-state index contributed by atoms with van der Waals surface area (Å²) in [6.45, 7) is 3.66. The van der Waals surface area contributed by atoms with Crippen LogP contribution in [0.25, 0.3) is 22.6 Å². The fraction of sp³-hybridized carbons (Fsp3) is 0.130. The van der Waals surface area contributed by atoms with E-state index in [9.17, 15) is 14.9 Å². The van der Waals surface area contributed by atoms with Crippen LogP contribution in [-0.2, 0) is 4.79 Å². The standard InChI is InChI=1S/C23H19N3O5/c1-14-9-15(2)11-16(10-14)23-25-18-12-17(7-8-20(18)31-23)24-22(27)13-30-21-6-4-3-5-19(21)26(28)29/h3-12H,13H2,1-2H3,(H,24,27). The number of para-hydroxylation sites is 2. The minimum absolute atomic E-state index is 0.0349. The number of aromatic nitrogens is 1. The van der Waals surface area contributed by atoms with E-state index in [0.29, 0.717) is 22.7 Å². The molecule has 0 bridgehead atoms. The molecule has 1 aromatic heterocycles. The third kappa shape index (κ3) is 4.53. The van der Waals surface area contributed by atoms with Gasteiger partial charge in [0.15, 0.2) is 17.9 Å². The second-order valence-electron chi connectivity index (χ2n) is 7.14. The molecule has 0 aliphatic carbocycles. The second-order valence-corrected chi connectivity index (χ2v) is 7.14. The van der Waals surface area contributed by atoms with E-state index in [2.05, 4.69) is 16.4 Å². The molecule has 0 spiro atoms. The molecule has 1 N–H and O–H groups in total. The number of hydrogen-bond donors (Lipinski definition) is 1. The van der Waals surface area contributed by atoms with Crippen molar-refractivity contribution in [1.82, 2.24) is 4.98 Å². The van der Waals surface area contributed by atoms with Crippen LogP contribution in [0.1, 0.15) is 11.1 Å². The molecule has 3 aromatic carbocycles. The molecule has 31 heavy (non-hydrogen) atoms. The lowest BCUT2D eigenvalue weighted by Crippen LogP contribution is -2.20. The van der Waals surface area contributed by atoms with Crippen molar-refractivity contribution >= 4 is 28.4 Å². The number of fused-ring (bicyclic) bond motifs is 1. The largest absolute Gasteiger partial charge is 0.477 e. The molecule has 4 aromatic rings. The maximum atomic E-state index is 12.3. The Balaban J connectivity index is 1.48. The van der Waals surface area contributed by atoms with Crippen molar-refractivity contribution in [3.63, 3.8) is 0 Å². The van der Waals surface area contributed by atoms with Crippen LogP contribution < -0.4 is 10.1 Å². The molecule has 0 aliphatic heterocycles. The van der Waals surface area contributed by atoms with Crippen LogP contribution in [0.5, 0.6) is 5.75 Å². The number of carbonyl (C=O) groups is 1. The molecule has 0 unspecified atom stereocenters. The second kappa shape index (κ2) is 8.27. The number of nitro benzene ring substituents is 1. The first kappa shape index (κ1) is 20.1. The van der Waals surface area contributed by atoms with Gasteiger partial charge < -0.3 is 14.5 Å². The fourth-order valence-corrected chi connectivity index (χ4v) is 3.30. The van der Waals surface area contributed by atoms with Crippen LogP contribution >= 0.6 is 0 Å². The number of amides is 1. The first-order valence-electron chi connectivity index (χ1n) is 9.54. The molecule has 1 heterocycles. The monoisotopic (exact) mass is 417 g/mol. The zero-order valence-electron chi connectivity index (χ0n) is 16.9. The number of ether oxygens (including phenoxy) is 1. The van der Waals surface area contributed by atoms with E-state index < -0.39 is 10.8 Å². The highest BCUT2D eigenvalue weighted by Crippen LogP contribution is 2.28. The Morgan fingerprint density at radius 1 is 1.10 bits per heavy atom. The number of anilines is 1. The summed E-state index contributed by atoms with van der Waals surface area (Å²) < 4.78 is 11.2. The van der Waals surface area contributed by atoms with Crippen LogP contribution in [0.4, 0.5) is 11.4 Å². The van der Waals surface area contributed by atoms with E-state index in [1.54, 1.807) is 24.3 Å². The average molecular weight is 417 g/mol. The van der Waals surface area contributed by atoms with Crippen molar-refractivity contribution in [2.45, 2.75) is 13.8 Å². The number of oxazole rings is 1. The number of aryl methyl sites for hydroxylation is 2. The third-order valence-electron chi connectivity index (χ3n) is 4.56. The predicted molar refractivity (Wildman–Crippen MR) is 116 cm³/mol. The van der Waals surface area contributed by atoms with E-state index in [1.807, 2.05) is 26.0 Å². The number of hydrogen-bond acceptors (Lipinski definition) is 6. The zero-order valence-corrected chi connectivity index (χ0v) is 16.9. The van der Waals surface area contributed by atoms with Crippen molar-refractivity contribution in [2.75, 3.05) is 11.9 Å². The Hall–Kier alpha value is -4.20. The summed E-state index contributed by atoms with van der Waals surface area (Å²) in [5.41, 5.74) is 4.64. The SMILES string of the molecule is Cc1cc(C)cc(-c2nc3cc(NC(=O)COc4ccccc4[N+](=O)[O-])ccc3o2)c1. The number of nitrogens with zero attached hydrogens (tertiary/aromatic N) is 2. The zero-order chi connectivity index (χ0) is 22.0. The van der Waals surface area contributed by atoms with E-state index in [1.165, 1.54) is 18.2 Å². The lowest BCUT2D eigenvalue weighted by molar-refractivity contribution is -0.385. The maximum absolute atomic E-state index is 12.3. The van der Waals surface area contributed by atoms with Gasteiger partial charge in [0.2, 0.25) is 5.89 Å². The van der Waals surface area contributed by atoms with Crippen LogP contribution in [-0.4, -0.2) is 22.4 Å². The van der Waals surface area contributed by atoms with Gasteiger partial charge in [-0.1, -0.05) is 29.3 Å². The van der Waals surface area contributed by atoms with Crippen LogP contribution in [0.3, 0.4) is 0 Å². The topological polar surface area (TPSA) is 108 Å². The Morgan fingerprint density at radius 2 is 1.84 bits per heavy atom. The summed E-state index contributed by atoms with van der Waals surface area (Å²) in [5, 5.41) is 13.7. The van der Waals surface area contributed by atoms with Gasteiger partial charge in [0, 0.05) is 17.3 Å². The van der Waals surface area contributed by atoms with Gasteiger partial charge >= 0.3 is 5.69 Å². The Morgan fingerprint density at radius 3 is 2.58 bits per heavy atom. The normalized spacial score (nSPS) is 10.8. The first-order chi connectivity index (χ1) is 14.9. The summed E-state index contributed by atoms with van der Waals surface area (Å²) >= 11 is 0.